The molecule has 18 heavy (non-hydrogen) atoms. The Morgan fingerprint density at radius 3 is 2.83 bits per heavy atom. The van der Waals surface area contributed by atoms with Crippen LogP contribution in [0.4, 0.5) is 0 Å². The highest BCUT2D eigenvalue weighted by atomic mass is 32.1. The van der Waals surface area contributed by atoms with Crippen molar-refractivity contribution < 1.29 is 4.79 Å². The summed E-state index contributed by atoms with van der Waals surface area (Å²) in [5.74, 6) is 0.292. The summed E-state index contributed by atoms with van der Waals surface area (Å²) in [7, 11) is 0. The summed E-state index contributed by atoms with van der Waals surface area (Å²) in [6.07, 6.45) is 3.16. The molecule has 0 N–H and O–H groups in total. The standard InChI is InChI=1S/C15H17NOS/c17-10-12-5-7-16(8-6-12)9-13-11-18-15-4-2-1-3-14(13)15/h1-4,10-12H,5-9H2. The van der Waals surface area contributed by atoms with E-state index in [4.69, 9.17) is 0 Å². The highest BCUT2D eigenvalue weighted by Gasteiger charge is 2.19. The monoisotopic (exact) mass is 259 g/mol. The van der Waals surface area contributed by atoms with Gasteiger partial charge in [-0.15, -0.1) is 11.3 Å². The molecular weight excluding hydrogens is 242 g/mol. The molecule has 0 atom stereocenters. The fourth-order valence-corrected chi connectivity index (χ4v) is 3.60. The molecular formula is C15H17NOS. The van der Waals surface area contributed by atoms with Crippen molar-refractivity contribution >= 4 is 27.7 Å². The van der Waals surface area contributed by atoms with Crippen molar-refractivity contribution in [3.8, 4) is 0 Å². The molecule has 0 saturated carbocycles. The van der Waals surface area contributed by atoms with Crippen LogP contribution in [0.1, 0.15) is 18.4 Å². The molecule has 0 bridgehead atoms. The molecule has 0 radical (unpaired) electrons. The summed E-state index contributed by atoms with van der Waals surface area (Å²) in [5, 5.41) is 3.66. The van der Waals surface area contributed by atoms with Gasteiger partial charge in [-0.3, -0.25) is 4.90 Å². The molecule has 1 aromatic heterocycles. The molecule has 3 rings (SSSR count). The highest BCUT2D eigenvalue weighted by Crippen LogP contribution is 2.27. The molecule has 0 spiro atoms. The Bertz CT molecular complexity index is 540. The topological polar surface area (TPSA) is 20.3 Å². The maximum Gasteiger partial charge on any atom is 0.123 e. The minimum atomic E-state index is 0.292. The molecule has 1 fully saturated rings. The van der Waals surface area contributed by atoms with Crippen LogP contribution in [-0.4, -0.2) is 24.3 Å². The number of hydrogen-bond acceptors (Lipinski definition) is 3. The highest BCUT2D eigenvalue weighted by molar-refractivity contribution is 7.17. The van der Waals surface area contributed by atoms with Crippen molar-refractivity contribution in [2.75, 3.05) is 13.1 Å². The normalized spacial score (nSPS) is 18.2. The van der Waals surface area contributed by atoms with E-state index in [1.807, 2.05) is 11.3 Å². The molecule has 94 valence electrons. The Morgan fingerprint density at radius 1 is 1.28 bits per heavy atom. The van der Waals surface area contributed by atoms with Gasteiger partial charge in [-0.25, -0.2) is 0 Å². The zero-order valence-corrected chi connectivity index (χ0v) is 11.2. The third-order valence-corrected chi connectivity index (χ3v) is 4.79. The first-order chi connectivity index (χ1) is 8.86. The van der Waals surface area contributed by atoms with E-state index < -0.39 is 0 Å². The Labute approximate surface area is 111 Å². The van der Waals surface area contributed by atoms with Gasteiger partial charge in [0, 0.05) is 17.2 Å². The van der Waals surface area contributed by atoms with E-state index in [2.05, 4.69) is 34.5 Å². The summed E-state index contributed by atoms with van der Waals surface area (Å²) < 4.78 is 1.37. The number of aldehydes is 1. The quantitative estimate of drug-likeness (QED) is 0.788. The molecule has 0 aliphatic carbocycles. The second kappa shape index (κ2) is 5.21. The van der Waals surface area contributed by atoms with Crippen LogP contribution in [0.3, 0.4) is 0 Å². The summed E-state index contributed by atoms with van der Waals surface area (Å²) in [5.41, 5.74) is 1.43. The minimum absolute atomic E-state index is 0.292. The first-order valence-corrected chi connectivity index (χ1v) is 7.37. The van der Waals surface area contributed by atoms with Crippen molar-refractivity contribution in [2.45, 2.75) is 19.4 Å². The van der Waals surface area contributed by atoms with Crippen molar-refractivity contribution in [2.24, 2.45) is 5.92 Å². The van der Waals surface area contributed by atoms with Crippen LogP contribution in [0.5, 0.6) is 0 Å². The first-order valence-electron chi connectivity index (χ1n) is 6.49. The Hall–Kier alpha value is -1.19. The molecule has 1 aliphatic heterocycles. The zero-order valence-electron chi connectivity index (χ0n) is 10.3. The van der Waals surface area contributed by atoms with Crippen LogP contribution in [0, 0.1) is 5.92 Å². The molecule has 2 heterocycles. The van der Waals surface area contributed by atoms with E-state index in [-0.39, 0.29) is 0 Å². The van der Waals surface area contributed by atoms with E-state index in [9.17, 15) is 4.79 Å². The zero-order chi connectivity index (χ0) is 12.4. The van der Waals surface area contributed by atoms with Crippen LogP contribution in [0.2, 0.25) is 0 Å². The number of likely N-dealkylation sites (tertiary alicyclic amines) is 1. The van der Waals surface area contributed by atoms with Gasteiger partial charge in [-0.2, -0.15) is 0 Å². The summed E-state index contributed by atoms with van der Waals surface area (Å²) >= 11 is 1.82. The van der Waals surface area contributed by atoms with E-state index >= 15 is 0 Å². The molecule has 1 aromatic carbocycles. The second-order valence-corrected chi connectivity index (χ2v) is 5.92. The largest absolute Gasteiger partial charge is 0.303 e. The van der Waals surface area contributed by atoms with Crippen LogP contribution in [-0.2, 0) is 11.3 Å². The number of carbonyl (C=O) groups excluding carboxylic acids is 1. The van der Waals surface area contributed by atoms with Crippen molar-refractivity contribution in [1.29, 1.82) is 0 Å². The maximum atomic E-state index is 10.7. The van der Waals surface area contributed by atoms with Crippen molar-refractivity contribution in [3.63, 3.8) is 0 Å². The fraction of sp³-hybridized carbons (Fsp3) is 0.400. The average Bonchev–Trinajstić information content (AvgIpc) is 2.83. The van der Waals surface area contributed by atoms with E-state index in [1.54, 1.807) is 0 Å². The fourth-order valence-electron chi connectivity index (χ4n) is 2.64. The van der Waals surface area contributed by atoms with Gasteiger partial charge in [-0.1, -0.05) is 18.2 Å². The van der Waals surface area contributed by atoms with Crippen molar-refractivity contribution in [1.82, 2.24) is 4.90 Å². The lowest BCUT2D eigenvalue weighted by Gasteiger charge is -2.29. The van der Waals surface area contributed by atoms with Gasteiger partial charge in [-0.05, 0) is 48.3 Å². The van der Waals surface area contributed by atoms with Gasteiger partial charge in [0.1, 0.15) is 6.29 Å². The predicted molar refractivity (Wildman–Crippen MR) is 75.9 cm³/mol. The first kappa shape index (κ1) is 11.9. The van der Waals surface area contributed by atoms with Gasteiger partial charge in [0.2, 0.25) is 0 Å². The number of rotatable bonds is 3. The third kappa shape index (κ3) is 2.33. The lowest BCUT2D eigenvalue weighted by molar-refractivity contribution is -0.112. The van der Waals surface area contributed by atoms with Crippen LogP contribution in [0.25, 0.3) is 10.1 Å². The van der Waals surface area contributed by atoms with Crippen LogP contribution in [0.15, 0.2) is 29.6 Å². The number of hydrogen-bond donors (Lipinski definition) is 0. The number of carbonyl (C=O) groups is 1. The van der Waals surface area contributed by atoms with Crippen molar-refractivity contribution in [3.05, 3.63) is 35.2 Å². The molecule has 2 aromatic rings. The van der Waals surface area contributed by atoms with Gasteiger partial charge in [0.25, 0.3) is 0 Å². The predicted octanol–water partition coefficient (Wildman–Crippen LogP) is 3.31. The molecule has 3 heteroatoms. The Morgan fingerprint density at radius 2 is 2.06 bits per heavy atom. The smallest absolute Gasteiger partial charge is 0.123 e. The number of benzene rings is 1. The number of thiophene rings is 1. The number of fused-ring (bicyclic) bond motifs is 1. The van der Waals surface area contributed by atoms with Crippen LogP contribution < -0.4 is 0 Å². The Balaban J connectivity index is 1.71. The lowest BCUT2D eigenvalue weighted by atomic mass is 9.98. The van der Waals surface area contributed by atoms with E-state index in [0.29, 0.717) is 5.92 Å². The number of piperidine rings is 1. The van der Waals surface area contributed by atoms with E-state index in [1.165, 1.54) is 15.6 Å². The molecule has 1 saturated heterocycles. The summed E-state index contributed by atoms with van der Waals surface area (Å²) in [6, 6.07) is 8.59. The van der Waals surface area contributed by atoms with Crippen LogP contribution >= 0.6 is 11.3 Å². The molecule has 2 nitrogen and oxygen atoms in total. The van der Waals surface area contributed by atoms with Gasteiger partial charge >= 0.3 is 0 Å². The van der Waals surface area contributed by atoms with Gasteiger partial charge < -0.3 is 4.79 Å². The summed E-state index contributed by atoms with van der Waals surface area (Å²) in [4.78, 5) is 13.2. The lowest BCUT2D eigenvalue weighted by Crippen LogP contribution is -2.33. The maximum absolute atomic E-state index is 10.7. The SMILES string of the molecule is O=CC1CCN(Cc2csc3ccccc23)CC1. The van der Waals surface area contributed by atoms with Gasteiger partial charge in [0.05, 0.1) is 0 Å². The average molecular weight is 259 g/mol. The number of nitrogens with zero attached hydrogens (tertiary/aromatic N) is 1. The second-order valence-electron chi connectivity index (χ2n) is 5.01. The Kier molecular flexibility index (Phi) is 3.43. The van der Waals surface area contributed by atoms with E-state index in [0.717, 1.165) is 38.8 Å². The minimum Gasteiger partial charge on any atom is -0.303 e. The molecule has 1 aliphatic rings. The molecule has 0 unspecified atom stereocenters. The third-order valence-electron chi connectivity index (χ3n) is 3.78. The van der Waals surface area contributed by atoms with Gasteiger partial charge in [0.15, 0.2) is 0 Å². The molecule has 0 amide bonds. The summed E-state index contributed by atoms with van der Waals surface area (Å²) in [6.45, 7) is 3.12.